The SMILES string of the molecule is Cc1ccc(S(=O)(=O)n2cc(C(=O)C(C)(C)C)c3c(B4OC(C)(C)C(C)(C)O4)c(F)ccc32)cc1. The summed E-state index contributed by atoms with van der Waals surface area (Å²) in [6, 6.07) is 9.01. The normalized spacial score (nSPS) is 17.8. The van der Waals surface area contributed by atoms with Crippen LogP contribution in [-0.2, 0) is 19.3 Å². The molecule has 0 atom stereocenters. The Hall–Kier alpha value is -2.49. The minimum atomic E-state index is -4.08. The van der Waals surface area contributed by atoms with Gasteiger partial charge in [-0.25, -0.2) is 16.8 Å². The predicted octanol–water partition coefficient (Wildman–Crippen LogP) is 4.85. The standard InChI is InChI=1S/C26H31BFNO5S/c1-16-9-11-17(12-10-16)35(31,32)29-15-18(23(30)24(2,3)4)21-20(29)14-13-19(28)22(21)27-33-25(5,6)26(7,8)34-27/h9-15H,1-8H3. The maximum absolute atomic E-state index is 15.5. The van der Waals surface area contributed by atoms with Crippen LogP contribution in [0.4, 0.5) is 4.39 Å². The minimum absolute atomic E-state index is 0.0200. The second kappa shape index (κ2) is 8.01. The van der Waals surface area contributed by atoms with Gasteiger partial charge in [-0.1, -0.05) is 38.5 Å². The van der Waals surface area contributed by atoms with Gasteiger partial charge in [0.1, 0.15) is 5.82 Å². The van der Waals surface area contributed by atoms with Crippen molar-refractivity contribution in [3.63, 3.8) is 0 Å². The largest absolute Gasteiger partial charge is 0.498 e. The molecular weight excluding hydrogens is 468 g/mol. The zero-order valence-corrected chi connectivity index (χ0v) is 22.2. The van der Waals surface area contributed by atoms with E-state index in [0.717, 1.165) is 9.54 Å². The molecule has 2 aromatic carbocycles. The minimum Gasteiger partial charge on any atom is -0.399 e. The summed E-state index contributed by atoms with van der Waals surface area (Å²) in [5.74, 6) is -0.951. The molecule has 1 saturated heterocycles. The number of ketones is 1. The van der Waals surface area contributed by atoms with Gasteiger partial charge in [0.05, 0.1) is 21.6 Å². The molecule has 0 bridgehead atoms. The number of fused-ring (bicyclic) bond motifs is 1. The van der Waals surface area contributed by atoms with Gasteiger partial charge in [-0.15, -0.1) is 0 Å². The Balaban J connectivity index is 2.05. The lowest BCUT2D eigenvalue weighted by Crippen LogP contribution is -2.41. The molecule has 0 aliphatic carbocycles. The smallest absolute Gasteiger partial charge is 0.399 e. The molecule has 35 heavy (non-hydrogen) atoms. The van der Waals surface area contributed by atoms with Gasteiger partial charge in [0, 0.05) is 28.0 Å². The number of carbonyl (C=O) groups excluding carboxylic acids is 1. The third kappa shape index (κ3) is 4.13. The number of rotatable bonds is 4. The molecule has 1 aliphatic rings. The van der Waals surface area contributed by atoms with Crippen LogP contribution in [0.25, 0.3) is 10.9 Å². The number of carbonyl (C=O) groups is 1. The topological polar surface area (TPSA) is 74.6 Å². The highest BCUT2D eigenvalue weighted by molar-refractivity contribution is 7.90. The molecule has 2 heterocycles. The Morgan fingerprint density at radius 3 is 2.03 bits per heavy atom. The Bertz CT molecular complexity index is 1420. The number of aryl methyl sites for hydroxylation is 1. The summed E-state index contributed by atoms with van der Waals surface area (Å²) in [4.78, 5) is 13.6. The molecule has 0 unspecified atom stereocenters. The quantitative estimate of drug-likeness (QED) is 0.379. The highest BCUT2D eigenvalue weighted by Crippen LogP contribution is 2.38. The summed E-state index contributed by atoms with van der Waals surface area (Å²) >= 11 is 0. The predicted molar refractivity (Wildman–Crippen MR) is 135 cm³/mol. The molecule has 6 nitrogen and oxygen atoms in total. The molecule has 0 spiro atoms. The fraction of sp³-hybridized carbons (Fsp3) is 0.423. The fourth-order valence-corrected chi connectivity index (χ4v) is 5.45. The number of nitrogens with zero attached hydrogens (tertiary/aromatic N) is 1. The van der Waals surface area contributed by atoms with Crippen LogP contribution in [0.2, 0.25) is 0 Å². The molecule has 0 saturated carbocycles. The maximum Gasteiger partial charge on any atom is 0.498 e. The van der Waals surface area contributed by atoms with E-state index in [1.54, 1.807) is 32.9 Å². The van der Waals surface area contributed by atoms with Crippen molar-refractivity contribution < 1.29 is 26.9 Å². The Kier molecular flexibility index (Phi) is 5.86. The Morgan fingerprint density at radius 1 is 0.971 bits per heavy atom. The van der Waals surface area contributed by atoms with Gasteiger partial charge in [0.15, 0.2) is 5.78 Å². The number of hydrogen-bond acceptors (Lipinski definition) is 5. The van der Waals surface area contributed by atoms with E-state index in [4.69, 9.17) is 9.31 Å². The van der Waals surface area contributed by atoms with E-state index in [1.165, 1.54) is 30.5 Å². The van der Waals surface area contributed by atoms with E-state index in [1.807, 2.05) is 34.6 Å². The molecule has 1 aromatic heterocycles. The lowest BCUT2D eigenvalue weighted by atomic mass is 9.74. The highest BCUT2D eigenvalue weighted by atomic mass is 32.2. The summed E-state index contributed by atoms with van der Waals surface area (Å²) in [5, 5.41) is 0.180. The van der Waals surface area contributed by atoms with Gasteiger partial charge >= 0.3 is 7.12 Å². The van der Waals surface area contributed by atoms with Crippen molar-refractivity contribution in [3.05, 3.63) is 59.5 Å². The molecule has 9 heteroatoms. The monoisotopic (exact) mass is 499 g/mol. The molecule has 0 N–H and O–H groups in total. The molecule has 3 aromatic rings. The number of Topliss-reactive ketones (excluding diaryl/α,β-unsaturated/α-hetero) is 1. The molecule has 186 valence electrons. The van der Waals surface area contributed by atoms with Crippen LogP contribution in [-0.4, -0.2) is 36.5 Å². The van der Waals surface area contributed by atoms with Crippen LogP contribution in [0.1, 0.15) is 64.4 Å². The summed E-state index contributed by atoms with van der Waals surface area (Å²) in [7, 11) is -5.20. The molecule has 1 aliphatic heterocycles. The Morgan fingerprint density at radius 2 is 1.51 bits per heavy atom. The molecule has 0 radical (unpaired) electrons. The van der Waals surface area contributed by atoms with Crippen LogP contribution in [0.3, 0.4) is 0 Å². The second-order valence-electron chi connectivity index (χ2n) is 11.2. The number of hydrogen-bond donors (Lipinski definition) is 0. The van der Waals surface area contributed by atoms with Crippen molar-refractivity contribution in [2.75, 3.05) is 0 Å². The van der Waals surface area contributed by atoms with Gasteiger partial charge in [0.25, 0.3) is 10.0 Å². The first kappa shape index (κ1) is 25.6. The third-order valence-corrected chi connectivity index (χ3v) is 8.60. The van der Waals surface area contributed by atoms with Crippen molar-refractivity contribution in [2.45, 2.75) is 71.5 Å². The van der Waals surface area contributed by atoms with Crippen LogP contribution >= 0.6 is 0 Å². The molecule has 1 fully saturated rings. The number of aromatic nitrogens is 1. The van der Waals surface area contributed by atoms with E-state index in [0.29, 0.717) is 0 Å². The summed E-state index contributed by atoms with van der Waals surface area (Å²) in [6.07, 6.45) is 1.29. The number of halogens is 1. The van der Waals surface area contributed by atoms with Crippen molar-refractivity contribution in [2.24, 2.45) is 5.41 Å². The first-order chi connectivity index (χ1) is 16.0. The molecule has 4 rings (SSSR count). The van der Waals surface area contributed by atoms with Gasteiger partial charge in [-0.2, -0.15) is 0 Å². The lowest BCUT2D eigenvalue weighted by molar-refractivity contribution is 0.00578. The first-order valence-corrected chi connectivity index (χ1v) is 13.0. The summed E-state index contributed by atoms with van der Waals surface area (Å²) in [5.41, 5.74) is -1.13. The van der Waals surface area contributed by atoms with Gasteiger partial charge in [-0.3, -0.25) is 4.79 Å². The first-order valence-electron chi connectivity index (χ1n) is 11.5. The zero-order chi connectivity index (χ0) is 26.1. The summed E-state index contributed by atoms with van der Waals surface area (Å²) < 4.78 is 56.1. The van der Waals surface area contributed by atoms with Gasteiger partial charge in [-0.05, 0) is 58.9 Å². The van der Waals surface area contributed by atoms with Crippen molar-refractivity contribution in [3.8, 4) is 0 Å². The van der Waals surface area contributed by atoms with Crippen molar-refractivity contribution in [1.29, 1.82) is 0 Å². The highest BCUT2D eigenvalue weighted by Gasteiger charge is 2.53. The Labute approximate surface area is 206 Å². The van der Waals surface area contributed by atoms with E-state index in [9.17, 15) is 13.2 Å². The van der Waals surface area contributed by atoms with E-state index < -0.39 is 39.6 Å². The number of benzene rings is 2. The third-order valence-electron chi connectivity index (χ3n) is 6.92. The van der Waals surface area contributed by atoms with Crippen LogP contribution in [0.5, 0.6) is 0 Å². The fourth-order valence-electron chi connectivity index (χ4n) is 4.09. The lowest BCUT2D eigenvalue weighted by Gasteiger charge is -2.32. The average molecular weight is 499 g/mol. The molecule has 0 amide bonds. The average Bonchev–Trinajstić information content (AvgIpc) is 3.21. The van der Waals surface area contributed by atoms with Crippen molar-refractivity contribution >= 4 is 39.3 Å². The summed E-state index contributed by atoms with van der Waals surface area (Å²) in [6.45, 7) is 14.5. The van der Waals surface area contributed by atoms with Crippen LogP contribution < -0.4 is 5.46 Å². The van der Waals surface area contributed by atoms with Crippen LogP contribution in [0, 0.1) is 18.2 Å². The van der Waals surface area contributed by atoms with Gasteiger partial charge in [0.2, 0.25) is 0 Å². The van der Waals surface area contributed by atoms with E-state index in [2.05, 4.69) is 0 Å². The second-order valence-corrected chi connectivity index (χ2v) is 13.0. The van der Waals surface area contributed by atoms with Crippen LogP contribution in [0.15, 0.2) is 47.5 Å². The van der Waals surface area contributed by atoms with E-state index >= 15 is 4.39 Å². The van der Waals surface area contributed by atoms with Crippen molar-refractivity contribution in [1.82, 2.24) is 3.97 Å². The van der Waals surface area contributed by atoms with Gasteiger partial charge < -0.3 is 9.31 Å². The molecular formula is C26H31BFNO5S. The maximum atomic E-state index is 15.5. The van der Waals surface area contributed by atoms with E-state index in [-0.39, 0.29) is 32.6 Å². The zero-order valence-electron chi connectivity index (χ0n) is 21.4.